The Morgan fingerprint density at radius 2 is 2.50 bits per heavy atom. The van der Waals surface area contributed by atoms with Gasteiger partial charge in [0.1, 0.15) is 5.78 Å². The molecule has 1 aromatic heterocycles. The fourth-order valence-electron chi connectivity index (χ4n) is 1.84. The molecule has 0 saturated carbocycles. The van der Waals surface area contributed by atoms with Crippen molar-refractivity contribution in [2.24, 2.45) is 5.92 Å². The zero-order valence-corrected chi connectivity index (χ0v) is 8.34. The number of carbonyl (C=O) groups excluding carboxylic acids is 1. The third kappa shape index (κ3) is 2.01. The van der Waals surface area contributed by atoms with E-state index in [-0.39, 0.29) is 5.92 Å². The minimum Gasteiger partial charge on any atom is -0.310 e. The molecule has 1 saturated heterocycles. The summed E-state index contributed by atoms with van der Waals surface area (Å²) in [4.78, 5) is 11.5. The van der Waals surface area contributed by atoms with Crippen LogP contribution in [0.3, 0.4) is 0 Å². The van der Waals surface area contributed by atoms with Crippen LogP contribution in [0.15, 0.2) is 6.07 Å². The maximum atomic E-state index is 11.5. The number of rotatable bonds is 2. The standard InChI is InChI=1S/C10H15N3O/c1-7-4-9(13-12-7)5-8-2-3-11-6-10(8)14/h4,8,11H,2-3,5-6H2,1H3,(H,12,13). The number of hydrogen-bond acceptors (Lipinski definition) is 3. The fraction of sp³-hybridized carbons (Fsp3) is 0.600. The number of ketones is 1. The normalized spacial score (nSPS) is 22.6. The van der Waals surface area contributed by atoms with Crippen molar-refractivity contribution >= 4 is 5.78 Å². The van der Waals surface area contributed by atoms with Crippen LogP contribution in [0.1, 0.15) is 17.8 Å². The molecule has 0 aliphatic carbocycles. The van der Waals surface area contributed by atoms with Gasteiger partial charge in [-0.3, -0.25) is 9.89 Å². The second-order valence-electron chi connectivity index (χ2n) is 3.88. The Labute approximate surface area is 83.1 Å². The van der Waals surface area contributed by atoms with Crippen molar-refractivity contribution in [3.8, 4) is 0 Å². The van der Waals surface area contributed by atoms with Crippen molar-refractivity contribution in [3.05, 3.63) is 17.5 Å². The fourth-order valence-corrected chi connectivity index (χ4v) is 1.84. The highest BCUT2D eigenvalue weighted by Gasteiger charge is 2.22. The predicted octanol–water partition coefficient (Wildman–Crippen LogP) is 0.439. The van der Waals surface area contributed by atoms with E-state index in [1.165, 1.54) is 0 Å². The number of aromatic amines is 1. The lowest BCUT2D eigenvalue weighted by Gasteiger charge is -2.20. The summed E-state index contributed by atoms with van der Waals surface area (Å²) in [6.45, 7) is 3.44. The molecule has 0 amide bonds. The van der Waals surface area contributed by atoms with Crippen LogP contribution in [0, 0.1) is 12.8 Å². The highest BCUT2D eigenvalue weighted by molar-refractivity contribution is 5.83. The number of hydrogen-bond donors (Lipinski definition) is 2. The Morgan fingerprint density at radius 3 is 3.14 bits per heavy atom. The van der Waals surface area contributed by atoms with Crippen LogP contribution in [0.5, 0.6) is 0 Å². The van der Waals surface area contributed by atoms with E-state index in [1.807, 2.05) is 13.0 Å². The third-order valence-electron chi connectivity index (χ3n) is 2.64. The predicted molar refractivity (Wildman–Crippen MR) is 53.0 cm³/mol. The number of piperidine rings is 1. The topological polar surface area (TPSA) is 57.8 Å². The molecular formula is C10H15N3O. The lowest BCUT2D eigenvalue weighted by Crippen LogP contribution is -2.37. The summed E-state index contributed by atoms with van der Waals surface area (Å²) < 4.78 is 0. The number of H-pyrrole nitrogens is 1. The van der Waals surface area contributed by atoms with Gasteiger partial charge in [-0.2, -0.15) is 5.10 Å². The molecule has 76 valence electrons. The summed E-state index contributed by atoms with van der Waals surface area (Å²) in [7, 11) is 0. The first-order chi connectivity index (χ1) is 6.75. The molecule has 2 heterocycles. The van der Waals surface area contributed by atoms with E-state index in [0.29, 0.717) is 12.3 Å². The molecule has 1 aliphatic heterocycles. The van der Waals surface area contributed by atoms with Gasteiger partial charge in [0.05, 0.1) is 12.2 Å². The molecule has 0 aromatic carbocycles. The first kappa shape index (κ1) is 9.40. The van der Waals surface area contributed by atoms with Crippen LogP contribution in [-0.4, -0.2) is 29.1 Å². The van der Waals surface area contributed by atoms with Gasteiger partial charge >= 0.3 is 0 Å². The van der Waals surface area contributed by atoms with E-state index in [2.05, 4.69) is 15.5 Å². The summed E-state index contributed by atoms with van der Waals surface area (Å²) in [5, 5.41) is 10.1. The number of carbonyl (C=O) groups is 1. The molecule has 0 bridgehead atoms. The molecule has 1 unspecified atom stereocenters. The quantitative estimate of drug-likeness (QED) is 0.716. The largest absolute Gasteiger partial charge is 0.310 e. The number of Topliss-reactive ketones (excluding diaryl/α,β-unsaturated/α-hetero) is 1. The number of aromatic nitrogens is 2. The Hall–Kier alpha value is -1.16. The van der Waals surface area contributed by atoms with Crippen LogP contribution >= 0.6 is 0 Å². The number of aryl methyl sites for hydroxylation is 1. The van der Waals surface area contributed by atoms with E-state index in [9.17, 15) is 4.79 Å². The van der Waals surface area contributed by atoms with Gasteiger partial charge in [-0.15, -0.1) is 0 Å². The second kappa shape index (κ2) is 3.92. The zero-order valence-electron chi connectivity index (χ0n) is 8.34. The van der Waals surface area contributed by atoms with Crippen LogP contribution in [0.2, 0.25) is 0 Å². The molecule has 2 N–H and O–H groups in total. The molecule has 1 atom stereocenters. The van der Waals surface area contributed by atoms with Crippen LogP contribution in [0.4, 0.5) is 0 Å². The SMILES string of the molecule is Cc1cc(CC2CCNCC2=O)n[nH]1. The van der Waals surface area contributed by atoms with E-state index in [4.69, 9.17) is 0 Å². The van der Waals surface area contributed by atoms with Gasteiger partial charge in [-0.05, 0) is 26.0 Å². The molecular weight excluding hydrogens is 178 g/mol. The first-order valence-electron chi connectivity index (χ1n) is 5.00. The van der Waals surface area contributed by atoms with E-state index in [0.717, 1.165) is 30.8 Å². The van der Waals surface area contributed by atoms with Crippen molar-refractivity contribution < 1.29 is 4.79 Å². The van der Waals surface area contributed by atoms with E-state index >= 15 is 0 Å². The Kier molecular flexibility index (Phi) is 2.63. The maximum absolute atomic E-state index is 11.5. The molecule has 14 heavy (non-hydrogen) atoms. The van der Waals surface area contributed by atoms with Crippen LogP contribution < -0.4 is 5.32 Å². The lowest BCUT2D eigenvalue weighted by atomic mass is 9.92. The number of nitrogens with one attached hydrogen (secondary N) is 2. The number of nitrogens with zero attached hydrogens (tertiary/aromatic N) is 1. The molecule has 2 rings (SSSR count). The molecule has 1 aromatic rings. The molecule has 0 spiro atoms. The first-order valence-corrected chi connectivity index (χ1v) is 5.00. The van der Waals surface area contributed by atoms with Gasteiger partial charge in [0, 0.05) is 18.0 Å². The average Bonchev–Trinajstić information content (AvgIpc) is 2.56. The summed E-state index contributed by atoms with van der Waals surface area (Å²) in [6, 6.07) is 2.01. The van der Waals surface area contributed by atoms with E-state index < -0.39 is 0 Å². The summed E-state index contributed by atoms with van der Waals surface area (Å²) in [5.41, 5.74) is 2.06. The van der Waals surface area contributed by atoms with Gasteiger partial charge in [-0.25, -0.2) is 0 Å². The molecule has 4 nitrogen and oxygen atoms in total. The monoisotopic (exact) mass is 193 g/mol. The van der Waals surface area contributed by atoms with Crippen molar-refractivity contribution in [1.82, 2.24) is 15.5 Å². The minimum absolute atomic E-state index is 0.166. The third-order valence-corrected chi connectivity index (χ3v) is 2.64. The highest BCUT2D eigenvalue weighted by Crippen LogP contribution is 2.14. The van der Waals surface area contributed by atoms with Gasteiger partial charge in [0.25, 0.3) is 0 Å². The smallest absolute Gasteiger partial charge is 0.150 e. The summed E-state index contributed by atoms with van der Waals surface area (Å²) >= 11 is 0. The summed E-state index contributed by atoms with van der Waals surface area (Å²) in [5.74, 6) is 0.482. The zero-order chi connectivity index (χ0) is 9.97. The average molecular weight is 193 g/mol. The molecule has 1 aliphatic rings. The van der Waals surface area contributed by atoms with Crippen molar-refractivity contribution in [1.29, 1.82) is 0 Å². The van der Waals surface area contributed by atoms with Crippen molar-refractivity contribution in [2.75, 3.05) is 13.1 Å². The highest BCUT2D eigenvalue weighted by atomic mass is 16.1. The maximum Gasteiger partial charge on any atom is 0.150 e. The second-order valence-corrected chi connectivity index (χ2v) is 3.88. The van der Waals surface area contributed by atoms with E-state index in [1.54, 1.807) is 0 Å². The minimum atomic E-state index is 0.166. The van der Waals surface area contributed by atoms with Gasteiger partial charge in [0.15, 0.2) is 0 Å². The van der Waals surface area contributed by atoms with Crippen LogP contribution in [0.25, 0.3) is 0 Å². The van der Waals surface area contributed by atoms with Gasteiger partial charge in [-0.1, -0.05) is 0 Å². The Balaban J connectivity index is 1.99. The Bertz CT molecular complexity index is 332. The van der Waals surface area contributed by atoms with Crippen molar-refractivity contribution in [2.45, 2.75) is 19.8 Å². The van der Waals surface area contributed by atoms with Crippen LogP contribution in [-0.2, 0) is 11.2 Å². The molecule has 4 heteroatoms. The Morgan fingerprint density at radius 1 is 1.64 bits per heavy atom. The lowest BCUT2D eigenvalue weighted by molar-refractivity contribution is -0.123. The summed E-state index contributed by atoms with van der Waals surface area (Å²) in [6.07, 6.45) is 1.72. The molecule has 1 fully saturated rings. The van der Waals surface area contributed by atoms with Gasteiger partial charge in [0.2, 0.25) is 0 Å². The van der Waals surface area contributed by atoms with Gasteiger partial charge < -0.3 is 5.32 Å². The van der Waals surface area contributed by atoms with Crippen molar-refractivity contribution in [3.63, 3.8) is 0 Å². The molecule has 0 radical (unpaired) electrons.